The first-order valence-corrected chi connectivity index (χ1v) is 22.8. The molecule has 4 aromatic heterocycles. The van der Waals surface area contributed by atoms with Crippen LogP contribution in [0.25, 0.3) is 57.9 Å². The van der Waals surface area contributed by atoms with Crippen molar-refractivity contribution in [1.29, 1.82) is 0 Å². The lowest BCUT2D eigenvalue weighted by molar-refractivity contribution is 0.483. The second-order valence-electron chi connectivity index (χ2n) is 18.7. The van der Waals surface area contributed by atoms with Gasteiger partial charge in [0.1, 0.15) is 29.0 Å². The van der Waals surface area contributed by atoms with Gasteiger partial charge < -0.3 is 14.5 Å². The normalized spacial score (nSPS) is 13.4. The maximum Gasteiger partial charge on any atom is 0.137 e. The van der Waals surface area contributed by atoms with Gasteiger partial charge in [-0.15, -0.1) is 22.7 Å². The Hall–Kier alpha value is -6.15. The van der Waals surface area contributed by atoms with Gasteiger partial charge in [-0.1, -0.05) is 102 Å². The lowest BCUT2D eigenvalue weighted by Gasteiger charge is -2.28. The molecule has 5 heterocycles. The Morgan fingerprint density at radius 3 is 2.00 bits per heavy atom. The van der Waals surface area contributed by atoms with Crippen molar-refractivity contribution < 1.29 is 4.74 Å². The van der Waals surface area contributed by atoms with E-state index < -0.39 is 0 Å². The van der Waals surface area contributed by atoms with Crippen molar-refractivity contribution in [2.24, 2.45) is 0 Å². The van der Waals surface area contributed by atoms with Crippen LogP contribution in [0.1, 0.15) is 63.8 Å². The number of fused-ring (bicyclic) bond motifs is 10. The minimum atomic E-state index is -0.0306. The summed E-state index contributed by atoms with van der Waals surface area (Å²) >= 11 is 3.72. The molecule has 0 saturated heterocycles. The van der Waals surface area contributed by atoms with Crippen LogP contribution in [0.2, 0.25) is 0 Å². The zero-order valence-corrected chi connectivity index (χ0v) is 37.6. The number of ether oxygens (including phenoxy) is 1. The maximum atomic E-state index is 6.88. The van der Waals surface area contributed by atoms with Gasteiger partial charge in [-0.3, -0.25) is 4.57 Å². The number of hydrogen-bond acceptors (Lipinski definition) is 6. The van der Waals surface area contributed by atoms with E-state index >= 15 is 0 Å². The van der Waals surface area contributed by atoms with Crippen molar-refractivity contribution in [3.05, 3.63) is 156 Å². The number of benzene rings is 6. The smallest absolute Gasteiger partial charge is 0.137 e. The van der Waals surface area contributed by atoms with Crippen LogP contribution in [-0.2, 0) is 10.8 Å². The van der Waals surface area contributed by atoms with Gasteiger partial charge in [0.2, 0.25) is 0 Å². The molecule has 61 heavy (non-hydrogen) atoms. The number of pyridine rings is 1. The molecule has 1 aliphatic heterocycles. The molecule has 11 rings (SSSR count). The average molecular weight is 833 g/mol. The minimum absolute atomic E-state index is 0.0306. The molecule has 0 atom stereocenters. The van der Waals surface area contributed by atoms with Crippen LogP contribution < -0.4 is 14.5 Å². The van der Waals surface area contributed by atoms with Crippen molar-refractivity contribution in [3.63, 3.8) is 0 Å². The molecule has 7 heteroatoms. The molecule has 0 fully saturated rings. The summed E-state index contributed by atoms with van der Waals surface area (Å²) in [5.74, 6) is 2.48. The van der Waals surface area contributed by atoms with Crippen molar-refractivity contribution in [2.75, 3.05) is 16.5 Å². The van der Waals surface area contributed by atoms with E-state index in [0.717, 1.165) is 28.5 Å². The van der Waals surface area contributed by atoms with Gasteiger partial charge in [0.15, 0.2) is 0 Å². The SMILES string of the molecule is Cc1cc(C(C)(C)C)cc(C)c1N1CN(c2cccc(Oc3ccc4c5ccc6sc7ccccc7c6c5n(-c5cc(C(C)(C)C)ccn5)c4c3)c2)c2c1sc1ccccc21. The van der Waals surface area contributed by atoms with Gasteiger partial charge in [-0.25, -0.2) is 4.98 Å². The van der Waals surface area contributed by atoms with Gasteiger partial charge in [0, 0.05) is 70.7 Å². The van der Waals surface area contributed by atoms with E-state index in [9.17, 15) is 0 Å². The summed E-state index contributed by atoms with van der Waals surface area (Å²) in [6.45, 7) is 18.9. The van der Waals surface area contributed by atoms with E-state index in [0.29, 0.717) is 6.67 Å². The fraction of sp³-hybridized carbons (Fsp3) is 0.204. The van der Waals surface area contributed by atoms with E-state index in [1.54, 1.807) is 0 Å². The summed E-state index contributed by atoms with van der Waals surface area (Å²) in [6, 6.07) is 46.4. The Morgan fingerprint density at radius 2 is 1.25 bits per heavy atom. The second kappa shape index (κ2) is 13.7. The topological polar surface area (TPSA) is 33.5 Å². The average Bonchev–Trinajstić information content (AvgIpc) is 3.98. The molecular weight excluding hydrogens is 785 g/mol. The Kier molecular flexibility index (Phi) is 8.48. The predicted molar refractivity (Wildman–Crippen MR) is 262 cm³/mol. The molecule has 5 nitrogen and oxygen atoms in total. The molecule has 0 amide bonds. The third-order valence-corrected chi connectivity index (χ3v) is 14.7. The lowest BCUT2D eigenvalue weighted by atomic mass is 9.84. The van der Waals surface area contributed by atoms with Crippen molar-refractivity contribution in [1.82, 2.24) is 9.55 Å². The molecule has 0 bridgehead atoms. The highest BCUT2D eigenvalue weighted by Crippen LogP contribution is 2.55. The summed E-state index contributed by atoms with van der Waals surface area (Å²) in [6.07, 6.45) is 1.95. The minimum Gasteiger partial charge on any atom is -0.457 e. The van der Waals surface area contributed by atoms with E-state index in [2.05, 4.69) is 197 Å². The fourth-order valence-electron chi connectivity index (χ4n) is 9.39. The first-order chi connectivity index (χ1) is 29.3. The molecule has 6 aromatic carbocycles. The number of thiophene rings is 2. The summed E-state index contributed by atoms with van der Waals surface area (Å²) in [7, 11) is 0. The van der Waals surface area contributed by atoms with Crippen LogP contribution in [0.3, 0.4) is 0 Å². The summed E-state index contributed by atoms with van der Waals surface area (Å²) in [5.41, 5.74) is 11.1. The Labute approximate surface area is 365 Å². The highest BCUT2D eigenvalue weighted by molar-refractivity contribution is 7.26. The Balaban J connectivity index is 1.03. The Morgan fingerprint density at radius 1 is 0.557 bits per heavy atom. The molecule has 0 unspecified atom stereocenters. The van der Waals surface area contributed by atoms with Crippen molar-refractivity contribution in [2.45, 2.75) is 66.2 Å². The van der Waals surface area contributed by atoms with E-state index in [1.165, 1.54) is 85.2 Å². The van der Waals surface area contributed by atoms with Gasteiger partial charge in [-0.05, 0) is 102 Å². The number of anilines is 4. The number of hydrogen-bond donors (Lipinski definition) is 0. The third-order valence-electron chi connectivity index (χ3n) is 12.4. The fourth-order valence-corrected chi connectivity index (χ4v) is 11.7. The second-order valence-corrected chi connectivity index (χ2v) is 20.8. The highest BCUT2D eigenvalue weighted by atomic mass is 32.1. The van der Waals surface area contributed by atoms with Crippen LogP contribution in [0.5, 0.6) is 11.5 Å². The maximum absolute atomic E-state index is 6.88. The summed E-state index contributed by atoms with van der Waals surface area (Å²) < 4.78 is 13.1. The van der Waals surface area contributed by atoms with Crippen LogP contribution in [-0.4, -0.2) is 16.2 Å². The number of aromatic nitrogens is 2. The zero-order valence-electron chi connectivity index (χ0n) is 35.9. The Bertz CT molecular complexity index is 3370. The predicted octanol–water partition coefficient (Wildman–Crippen LogP) is 16.0. The summed E-state index contributed by atoms with van der Waals surface area (Å²) in [5, 5.41) is 7.46. The lowest BCUT2D eigenvalue weighted by Crippen LogP contribution is -2.25. The summed E-state index contributed by atoms with van der Waals surface area (Å²) in [4.78, 5) is 10.0. The van der Waals surface area contributed by atoms with Crippen molar-refractivity contribution >= 4 is 96.8 Å². The van der Waals surface area contributed by atoms with Gasteiger partial charge in [0.05, 0.1) is 16.7 Å². The molecule has 1 aliphatic rings. The molecule has 0 saturated carbocycles. The number of rotatable bonds is 5. The van der Waals surface area contributed by atoms with Gasteiger partial charge >= 0.3 is 0 Å². The molecular formula is C54H48N4OS2. The van der Waals surface area contributed by atoms with Gasteiger partial charge in [0.25, 0.3) is 0 Å². The molecule has 0 spiro atoms. The van der Waals surface area contributed by atoms with E-state index in [-0.39, 0.29) is 10.8 Å². The number of aryl methyl sites for hydroxylation is 2. The molecule has 10 aromatic rings. The third kappa shape index (κ3) is 6.12. The molecule has 0 radical (unpaired) electrons. The zero-order chi connectivity index (χ0) is 41.9. The van der Waals surface area contributed by atoms with Crippen LogP contribution in [0.4, 0.5) is 22.1 Å². The first kappa shape index (κ1) is 37.8. The first-order valence-electron chi connectivity index (χ1n) is 21.1. The monoisotopic (exact) mass is 832 g/mol. The molecule has 0 aliphatic carbocycles. The quantitative estimate of drug-likeness (QED) is 0.173. The van der Waals surface area contributed by atoms with Crippen LogP contribution >= 0.6 is 22.7 Å². The van der Waals surface area contributed by atoms with E-state index in [4.69, 9.17) is 9.72 Å². The van der Waals surface area contributed by atoms with Crippen molar-refractivity contribution in [3.8, 4) is 17.3 Å². The number of nitrogens with zero attached hydrogens (tertiary/aromatic N) is 4. The largest absolute Gasteiger partial charge is 0.457 e. The van der Waals surface area contributed by atoms with Crippen LogP contribution in [0.15, 0.2) is 134 Å². The van der Waals surface area contributed by atoms with Crippen LogP contribution in [0, 0.1) is 13.8 Å². The standard InChI is InChI=1S/C54H48N4OS2/c1-32-26-35(54(6,7)8)27-33(2)49(32)57-31-56(51-42-17-10-12-19-45(42)61-52(51)57)36-14-13-15-37(29-36)59-38-20-21-39-40-22-23-46-48(41-16-9-11-18-44(41)60-46)50(40)58(43(39)30-38)47-28-34(24-25-55-47)53(3,4)5/h9-30H,31H2,1-8H3. The molecule has 0 N–H and O–H groups in total. The molecule has 302 valence electrons. The van der Waals surface area contributed by atoms with Gasteiger partial charge in [-0.2, -0.15) is 0 Å². The van der Waals surface area contributed by atoms with E-state index in [1.807, 2.05) is 28.9 Å². The highest BCUT2D eigenvalue weighted by Gasteiger charge is 2.34.